The van der Waals surface area contributed by atoms with Crippen molar-refractivity contribution in [2.45, 2.75) is 16.2 Å². The molecule has 3 aromatic carbocycles. The van der Waals surface area contributed by atoms with Crippen molar-refractivity contribution in [3.8, 4) is 0 Å². The molecule has 0 radical (unpaired) electrons. The molecule has 0 heterocycles. The second kappa shape index (κ2) is 7.64. The van der Waals surface area contributed by atoms with Crippen LogP contribution in [-0.4, -0.2) is 24.9 Å². The molecular weight excluding hydrogens is 304 g/mol. The van der Waals surface area contributed by atoms with Crippen molar-refractivity contribution in [1.82, 2.24) is 0 Å². The molecule has 0 saturated heterocycles. The monoisotopic (exact) mass is 324 g/mol. The molecule has 0 saturated carbocycles. The normalized spacial score (nSPS) is 13.8. The number of fused-ring (bicyclic) bond motifs is 1. The van der Waals surface area contributed by atoms with Gasteiger partial charge in [-0.15, -0.1) is 11.8 Å². The van der Waals surface area contributed by atoms with Crippen LogP contribution in [0, 0.1) is 0 Å². The summed E-state index contributed by atoms with van der Waals surface area (Å²) in [6.45, 7) is 0.320. The molecule has 0 aromatic heterocycles. The molecule has 23 heavy (non-hydrogen) atoms. The molecule has 0 aliphatic carbocycles. The summed E-state index contributed by atoms with van der Waals surface area (Å²) < 4.78 is 5.15. The van der Waals surface area contributed by atoms with Crippen molar-refractivity contribution in [2.24, 2.45) is 0 Å². The van der Waals surface area contributed by atoms with E-state index in [1.807, 2.05) is 30.3 Å². The maximum atomic E-state index is 10.5. The van der Waals surface area contributed by atoms with Gasteiger partial charge in [-0.1, -0.05) is 60.7 Å². The van der Waals surface area contributed by atoms with E-state index in [1.54, 1.807) is 18.9 Å². The predicted octanol–water partition coefficient (Wildman–Crippen LogP) is 4.68. The predicted molar refractivity (Wildman–Crippen MR) is 96.9 cm³/mol. The first-order chi connectivity index (χ1) is 11.3. The van der Waals surface area contributed by atoms with E-state index in [0.717, 1.165) is 10.5 Å². The fourth-order valence-electron chi connectivity index (χ4n) is 2.66. The lowest BCUT2D eigenvalue weighted by Crippen LogP contribution is -2.21. The van der Waals surface area contributed by atoms with Crippen molar-refractivity contribution in [3.05, 3.63) is 78.4 Å². The summed E-state index contributed by atoms with van der Waals surface area (Å²) in [4.78, 5) is 1.15. The molecule has 3 heteroatoms. The molecule has 118 valence electrons. The minimum atomic E-state index is -0.557. The van der Waals surface area contributed by atoms with Crippen molar-refractivity contribution in [1.29, 1.82) is 0 Å². The molecule has 1 N–H and O–H groups in total. The Balaban J connectivity index is 1.90. The molecule has 2 atom stereocenters. The van der Waals surface area contributed by atoms with E-state index in [0.29, 0.717) is 6.61 Å². The summed E-state index contributed by atoms with van der Waals surface area (Å²) in [6.07, 6.45) is -0.557. The highest BCUT2D eigenvalue weighted by atomic mass is 32.2. The van der Waals surface area contributed by atoms with Crippen molar-refractivity contribution in [3.63, 3.8) is 0 Å². The third-order valence-electron chi connectivity index (χ3n) is 3.80. The van der Waals surface area contributed by atoms with Gasteiger partial charge in [0.2, 0.25) is 0 Å². The summed E-state index contributed by atoms with van der Waals surface area (Å²) in [5, 5.41) is 12.9. The number of aliphatic hydroxyl groups excluding tert-OH is 1. The molecule has 3 aromatic rings. The van der Waals surface area contributed by atoms with Crippen LogP contribution in [0.5, 0.6) is 0 Å². The van der Waals surface area contributed by atoms with Crippen molar-refractivity contribution in [2.75, 3.05) is 13.7 Å². The van der Waals surface area contributed by atoms with Gasteiger partial charge < -0.3 is 9.84 Å². The minimum absolute atomic E-state index is 0.0580. The van der Waals surface area contributed by atoms with Crippen LogP contribution < -0.4 is 0 Å². The van der Waals surface area contributed by atoms with Gasteiger partial charge in [-0.25, -0.2) is 0 Å². The quantitative estimate of drug-likeness (QED) is 0.668. The van der Waals surface area contributed by atoms with E-state index in [4.69, 9.17) is 4.74 Å². The van der Waals surface area contributed by atoms with Gasteiger partial charge >= 0.3 is 0 Å². The van der Waals surface area contributed by atoms with E-state index in [1.165, 1.54) is 10.8 Å². The Kier molecular flexibility index (Phi) is 5.34. The van der Waals surface area contributed by atoms with Crippen molar-refractivity contribution < 1.29 is 9.84 Å². The average Bonchev–Trinajstić information content (AvgIpc) is 2.60. The Morgan fingerprint density at radius 1 is 0.913 bits per heavy atom. The van der Waals surface area contributed by atoms with Crippen LogP contribution in [0.1, 0.15) is 10.8 Å². The molecule has 2 nitrogen and oxygen atoms in total. The Hall–Kier alpha value is -1.81. The summed E-state index contributed by atoms with van der Waals surface area (Å²) >= 11 is 1.67. The number of hydrogen-bond acceptors (Lipinski definition) is 3. The van der Waals surface area contributed by atoms with Gasteiger partial charge in [0, 0.05) is 12.0 Å². The molecule has 0 fully saturated rings. The third kappa shape index (κ3) is 3.94. The van der Waals surface area contributed by atoms with Crippen LogP contribution in [0.3, 0.4) is 0 Å². The summed E-state index contributed by atoms with van der Waals surface area (Å²) in [6, 6.07) is 24.8. The number of thioether (sulfide) groups is 1. The first kappa shape index (κ1) is 16.1. The zero-order valence-corrected chi connectivity index (χ0v) is 13.9. The fourth-order valence-corrected chi connectivity index (χ4v) is 3.82. The van der Waals surface area contributed by atoms with E-state index < -0.39 is 6.10 Å². The molecule has 0 aliphatic heterocycles. The second-order valence-corrected chi connectivity index (χ2v) is 6.70. The molecule has 0 spiro atoms. The SMILES string of the molecule is COC[C@H](O)[C@H](Sc1ccc2ccccc2c1)c1ccccc1. The van der Waals surface area contributed by atoms with Crippen LogP contribution in [0.4, 0.5) is 0 Å². The summed E-state index contributed by atoms with van der Waals surface area (Å²) in [7, 11) is 1.62. The van der Waals surface area contributed by atoms with Gasteiger partial charge in [-0.2, -0.15) is 0 Å². The van der Waals surface area contributed by atoms with Gasteiger partial charge in [-0.3, -0.25) is 0 Å². The zero-order valence-electron chi connectivity index (χ0n) is 13.1. The highest BCUT2D eigenvalue weighted by molar-refractivity contribution is 7.99. The van der Waals surface area contributed by atoms with E-state index in [2.05, 4.69) is 42.5 Å². The maximum Gasteiger partial charge on any atom is 0.0936 e. The minimum Gasteiger partial charge on any atom is -0.389 e. The molecule has 0 unspecified atom stereocenters. The lowest BCUT2D eigenvalue weighted by molar-refractivity contribution is 0.0631. The lowest BCUT2D eigenvalue weighted by atomic mass is 10.1. The highest BCUT2D eigenvalue weighted by Crippen LogP contribution is 2.38. The second-order valence-electron chi connectivity index (χ2n) is 5.48. The Bertz CT molecular complexity index is 758. The van der Waals surface area contributed by atoms with Gasteiger partial charge in [0.05, 0.1) is 18.0 Å². The topological polar surface area (TPSA) is 29.5 Å². The first-order valence-corrected chi connectivity index (χ1v) is 8.53. The van der Waals surface area contributed by atoms with Crippen LogP contribution in [0.2, 0.25) is 0 Å². The first-order valence-electron chi connectivity index (χ1n) is 7.65. The lowest BCUT2D eigenvalue weighted by Gasteiger charge is -2.22. The number of aliphatic hydroxyl groups is 1. The Morgan fingerprint density at radius 2 is 1.61 bits per heavy atom. The molecule has 3 rings (SSSR count). The number of hydrogen-bond donors (Lipinski definition) is 1. The average molecular weight is 324 g/mol. The molecule has 0 bridgehead atoms. The van der Waals surface area contributed by atoms with E-state index in [9.17, 15) is 5.11 Å². The van der Waals surface area contributed by atoms with Gasteiger partial charge in [-0.05, 0) is 28.5 Å². The zero-order chi connectivity index (χ0) is 16.1. The molecular formula is C20H20O2S. The van der Waals surface area contributed by atoms with Gasteiger partial charge in [0.15, 0.2) is 0 Å². The van der Waals surface area contributed by atoms with Crippen LogP contribution in [0.25, 0.3) is 10.8 Å². The number of rotatable bonds is 6. The van der Waals surface area contributed by atoms with E-state index >= 15 is 0 Å². The fraction of sp³-hybridized carbons (Fsp3) is 0.200. The largest absolute Gasteiger partial charge is 0.389 e. The third-order valence-corrected chi connectivity index (χ3v) is 5.17. The Labute approximate surface area is 141 Å². The number of ether oxygens (including phenoxy) is 1. The molecule has 0 amide bonds. The highest BCUT2D eigenvalue weighted by Gasteiger charge is 2.22. The number of methoxy groups -OCH3 is 1. The smallest absolute Gasteiger partial charge is 0.0936 e. The standard InChI is InChI=1S/C20H20O2S/c1-22-14-19(21)20(16-8-3-2-4-9-16)23-18-12-11-15-7-5-6-10-17(15)13-18/h2-13,19-21H,14H2,1H3/t19-,20+/m0/s1. The van der Waals surface area contributed by atoms with E-state index in [-0.39, 0.29) is 5.25 Å². The maximum absolute atomic E-state index is 10.5. The van der Waals surface area contributed by atoms with Crippen LogP contribution in [0.15, 0.2) is 77.7 Å². The Morgan fingerprint density at radius 3 is 2.35 bits per heavy atom. The van der Waals surface area contributed by atoms with Crippen molar-refractivity contribution >= 4 is 22.5 Å². The van der Waals surface area contributed by atoms with Crippen LogP contribution >= 0.6 is 11.8 Å². The molecule has 0 aliphatic rings. The summed E-state index contributed by atoms with van der Waals surface area (Å²) in [5.74, 6) is 0. The summed E-state index contributed by atoms with van der Waals surface area (Å²) in [5.41, 5.74) is 1.11. The van der Waals surface area contributed by atoms with Gasteiger partial charge in [0.1, 0.15) is 0 Å². The number of benzene rings is 3. The van der Waals surface area contributed by atoms with Crippen LogP contribution in [-0.2, 0) is 4.74 Å². The van der Waals surface area contributed by atoms with Gasteiger partial charge in [0.25, 0.3) is 0 Å².